The van der Waals surface area contributed by atoms with E-state index >= 15 is 0 Å². The Morgan fingerprint density at radius 2 is 2.05 bits per heavy atom. The zero-order valence-electron chi connectivity index (χ0n) is 12.4. The van der Waals surface area contributed by atoms with Crippen molar-refractivity contribution in [3.8, 4) is 0 Å². The Bertz CT molecular complexity index is 332. The number of aliphatic hydroxyl groups excluding tert-OH is 1. The van der Waals surface area contributed by atoms with Crippen LogP contribution in [0, 0.1) is 5.41 Å². The van der Waals surface area contributed by atoms with Gasteiger partial charge in [-0.2, -0.15) is 0 Å². The molecule has 2 atom stereocenters. The number of aliphatic hydroxyl groups is 1. The van der Waals surface area contributed by atoms with E-state index < -0.39 is 5.41 Å². The third-order valence-corrected chi connectivity index (χ3v) is 3.52. The molecular weight excluding hydrogens is 244 g/mol. The molecular formula is C14H26N2O3. The number of nitrogens with zero attached hydrogens (tertiary/aromatic N) is 1. The summed E-state index contributed by atoms with van der Waals surface area (Å²) in [5, 5.41) is 11.9. The first-order valence-corrected chi connectivity index (χ1v) is 7.03. The topological polar surface area (TPSA) is 69.6 Å². The van der Waals surface area contributed by atoms with Crippen molar-refractivity contribution in [2.24, 2.45) is 5.41 Å². The van der Waals surface area contributed by atoms with Gasteiger partial charge in [-0.15, -0.1) is 0 Å². The highest BCUT2D eigenvalue weighted by Crippen LogP contribution is 2.25. The molecule has 0 aromatic rings. The van der Waals surface area contributed by atoms with E-state index in [9.17, 15) is 9.59 Å². The van der Waals surface area contributed by atoms with E-state index in [2.05, 4.69) is 5.32 Å². The lowest BCUT2D eigenvalue weighted by atomic mass is 9.94. The van der Waals surface area contributed by atoms with Crippen LogP contribution in [-0.2, 0) is 9.59 Å². The Balaban J connectivity index is 2.71. The van der Waals surface area contributed by atoms with Crippen LogP contribution in [0.5, 0.6) is 0 Å². The van der Waals surface area contributed by atoms with Gasteiger partial charge in [0.1, 0.15) is 6.04 Å². The van der Waals surface area contributed by atoms with Crippen LogP contribution in [0.25, 0.3) is 0 Å². The summed E-state index contributed by atoms with van der Waals surface area (Å²) in [6, 6.07) is -0.605. The molecule has 1 aliphatic heterocycles. The second-order valence-electron chi connectivity index (χ2n) is 6.20. The molecule has 110 valence electrons. The summed E-state index contributed by atoms with van der Waals surface area (Å²) < 4.78 is 0. The maximum Gasteiger partial charge on any atom is 0.243 e. The van der Waals surface area contributed by atoms with Crippen LogP contribution in [0.1, 0.15) is 47.0 Å². The van der Waals surface area contributed by atoms with Crippen molar-refractivity contribution >= 4 is 11.8 Å². The molecule has 19 heavy (non-hydrogen) atoms. The molecule has 0 aliphatic carbocycles. The minimum absolute atomic E-state index is 0.0159. The molecule has 0 spiro atoms. The lowest BCUT2D eigenvalue weighted by Crippen LogP contribution is -2.51. The van der Waals surface area contributed by atoms with Crippen molar-refractivity contribution in [2.75, 3.05) is 13.2 Å². The van der Waals surface area contributed by atoms with Gasteiger partial charge in [0.15, 0.2) is 0 Å². The Kier molecular flexibility index (Phi) is 5.35. The van der Waals surface area contributed by atoms with Crippen LogP contribution < -0.4 is 5.32 Å². The van der Waals surface area contributed by atoms with Crippen LogP contribution in [0.4, 0.5) is 0 Å². The lowest BCUT2D eigenvalue weighted by molar-refractivity contribution is -0.144. The predicted molar refractivity (Wildman–Crippen MR) is 73.5 cm³/mol. The second kappa shape index (κ2) is 6.37. The summed E-state index contributed by atoms with van der Waals surface area (Å²) in [7, 11) is 0. The first-order valence-electron chi connectivity index (χ1n) is 7.03. The molecule has 5 nitrogen and oxygen atoms in total. The molecule has 1 rings (SSSR count). The maximum absolute atomic E-state index is 12.3. The van der Waals surface area contributed by atoms with Gasteiger partial charge in [0.05, 0.1) is 12.6 Å². The number of rotatable bonds is 4. The van der Waals surface area contributed by atoms with Crippen LogP contribution >= 0.6 is 0 Å². The molecule has 5 heteroatoms. The highest BCUT2D eigenvalue weighted by atomic mass is 16.3. The summed E-state index contributed by atoms with van der Waals surface area (Å²) >= 11 is 0. The standard InChI is InChI=1S/C14H26N2O3/c1-5-10(9-17)15-12(18)11-7-6-8-16(11)13(19)14(2,3)4/h10-11,17H,5-9H2,1-4H3,(H,15,18). The molecule has 0 aromatic carbocycles. The van der Waals surface area contributed by atoms with E-state index in [1.807, 2.05) is 27.7 Å². The average Bonchev–Trinajstić information content (AvgIpc) is 2.82. The van der Waals surface area contributed by atoms with Gasteiger partial charge in [-0.25, -0.2) is 0 Å². The Morgan fingerprint density at radius 1 is 1.42 bits per heavy atom. The molecule has 1 saturated heterocycles. The van der Waals surface area contributed by atoms with Crippen molar-refractivity contribution in [1.29, 1.82) is 0 Å². The zero-order chi connectivity index (χ0) is 14.6. The highest BCUT2D eigenvalue weighted by Gasteiger charge is 2.38. The minimum atomic E-state index is -0.468. The van der Waals surface area contributed by atoms with Gasteiger partial charge in [-0.3, -0.25) is 9.59 Å². The van der Waals surface area contributed by atoms with Gasteiger partial charge >= 0.3 is 0 Å². The van der Waals surface area contributed by atoms with Gasteiger partial charge in [0, 0.05) is 12.0 Å². The SMILES string of the molecule is CCC(CO)NC(=O)C1CCCN1C(=O)C(C)(C)C. The summed E-state index contributed by atoms with van der Waals surface area (Å²) in [5.41, 5.74) is -0.468. The number of hydrogen-bond acceptors (Lipinski definition) is 3. The van der Waals surface area contributed by atoms with Crippen molar-refractivity contribution in [3.63, 3.8) is 0 Å². The summed E-state index contributed by atoms with van der Waals surface area (Å²) in [6.45, 7) is 8.09. The van der Waals surface area contributed by atoms with Crippen LogP contribution in [0.3, 0.4) is 0 Å². The maximum atomic E-state index is 12.3. The third kappa shape index (κ3) is 3.93. The first kappa shape index (κ1) is 16.0. The number of carbonyl (C=O) groups is 2. The van der Waals surface area contributed by atoms with Gasteiger partial charge in [-0.05, 0) is 19.3 Å². The fourth-order valence-corrected chi connectivity index (χ4v) is 2.29. The Hall–Kier alpha value is -1.10. The number of likely N-dealkylation sites (tertiary alicyclic amines) is 1. The van der Waals surface area contributed by atoms with Gasteiger partial charge in [-0.1, -0.05) is 27.7 Å². The predicted octanol–water partition coefficient (Wildman–Crippen LogP) is 0.911. The van der Waals surface area contributed by atoms with Crippen molar-refractivity contribution < 1.29 is 14.7 Å². The lowest BCUT2D eigenvalue weighted by Gasteiger charge is -2.31. The van der Waals surface area contributed by atoms with E-state index in [4.69, 9.17) is 5.11 Å². The molecule has 1 aliphatic rings. The number of hydrogen-bond donors (Lipinski definition) is 2. The van der Waals surface area contributed by atoms with Gasteiger partial charge in [0.25, 0.3) is 0 Å². The largest absolute Gasteiger partial charge is 0.394 e. The molecule has 0 saturated carbocycles. The number of nitrogens with one attached hydrogen (secondary N) is 1. The smallest absolute Gasteiger partial charge is 0.243 e. The van der Waals surface area contributed by atoms with E-state index in [0.29, 0.717) is 19.4 Å². The van der Waals surface area contributed by atoms with E-state index in [-0.39, 0.29) is 30.5 Å². The zero-order valence-corrected chi connectivity index (χ0v) is 12.4. The monoisotopic (exact) mass is 270 g/mol. The fourth-order valence-electron chi connectivity index (χ4n) is 2.29. The van der Waals surface area contributed by atoms with E-state index in [1.165, 1.54) is 0 Å². The molecule has 0 aromatic heterocycles. The normalized spacial score (nSPS) is 21.3. The summed E-state index contributed by atoms with van der Waals surface area (Å²) in [6.07, 6.45) is 2.24. The van der Waals surface area contributed by atoms with Crippen molar-refractivity contribution in [3.05, 3.63) is 0 Å². The molecule has 2 N–H and O–H groups in total. The Morgan fingerprint density at radius 3 is 2.53 bits per heavy atom. The molecule has 1 fully saturated rings. The number of amides is 2. The summed E-state index contributed by atoms with van der Waals surface area (Å²) in [5.74, 6) is -0.127. The quantitative estimate of drug-likeness (QED) is 0.798. The second-order valence-corrected chi connectivity index (χ2v) is 6.20. The van der Waals surface area contributed by atoms with E-state index in [1.54, 1.807) is 4.90 Å². The Labute approximate surface area is 115 Å². The van der Waals surface area contributed by atoms with Crippen LogP contribution in [-0.4, -0.2) is 47.1 Å². The molecule has 2 amide bonds. The van der Waals surface area contributed by atoms with Crippen LogP contribution in [0.15, 0.2) is 0 Å². The van der Waals surface area contributed by atoms with Gasteiger partial charge in [0.2, 0.25) is 11.8 Å². The average molecular weight is 270 g/mol. The third-order valence-electron chi connectivity index (χ3n) is 3.52. The van der Waals surface area contributed by atoms with Crippen molar-refractivity contribution in [1.82, 2.24) is 10.2 Å². The minimum Gasteiger partial charge on any atom is -0.394 e. The number of carbonyl (C=O) groups excluding carboxylic acids is 2. The fraction of sp³-hybridized carbons (Fsp3) is 0.857. The van der Waals surface area contributed by atoms with Crippen LogP contribution in [0.2, 0.25) is 0 Å². The molecule has 1 heterocycles. The van der Waals surface area contributed by atoms with Gasteiger partial charge < -0.3 is 15.3 Å². The highest BCUT2D eigenvalue weighted by molar-refractivity contribution is 5.90. The molecule has 0 bridgehead atoms. The molecule has 2 unspecified atom stereocenters. The van der Waals surface area contributed by atoms with Crippen molar-refractivity contribution in [2.45, 2.75) is 59.0 Å². The first-order chi connectivity index (χ1) is 8.81. The van der Waals surface area contributed by atoms with E-state index in [0.717, 1.165) is 6.42 Å². The summed E-state index contributed by atoms with van der Waals surface area (Å²) in [4.78, 5) is 26.2. The molecule has 0 radical (unpaired) electrons.